The highest BCUT2D eigenvalue weighted by molar-refractivity contribution is 5.79. The minimum atomic E-state index is 0.245. The number of hydrogen-bond donors (Lipinski definition) is 1. The van der Waals surface area contributed by atoms with Crippen molar-refractivity contribution in [3.05, 3.63) is 54.1 Å². The van der Waals surface area contributed by atoms with Crippen LogP contribution in [0, 0.1) is 5.92 Å². The smallest absolute Gasteiger partial charge is 0.206 e. The Morgan fingerprint density at radius 2 is 1.96 bits per heavy atom. The number of imidazole rings is 1. The molecule has 1 saturated heterocycles. The maximum absolute atomic E-state index is 9.58. The van der Waals surface area contributed by atoms with Gasteiger partial charge in [-0.2, -0.15) is 0 Å². The van der Waals surface area contributed by atoms with Crippen LogP contribution in [0.15, 0.2) is 48.5 Å². The van der Waals surface area contributed by atoms with Gasteiger partial charge in [0.25, 0.3) is 0 Å². The van der Waals surface area contributed by atoms with Crippen LogP contribution in [0.2, 0.25) is 0 Å². The standard InChI is InChI=1S/C21H25N3O2/c1-26-18-10-8-16(9-11-18)14-24-20-7-3-2-6-19(20)22-21(24)23-12-4-5-17(13-23)15-25/h2-3,6-11,17,25H,4-5,12-15H2,1H3/t17-/m0/s1. The number of ether oxygens (including phenoxy) is 1. The molecule has 1 aliphatic rings. The van der Waals surface area contributed by atoms with Crippen LogP contribution in [-0.2, 0) is 6.54 Å². The van der Waals surface area contributed by atoms with E-state index in [1.165, 1.54) is 5.56 Å². The van der Waals surface area contributed by atoms with Crippen molar-refractivity contribution >= 4 is 17.0 Å². The van der Waals surface area contributed by atoms with Gasteiger partial charge < -0.3 is 19.3 Å². The second-order valence-corrected chi connectivity index (χ2v) is 6.97. The summed E-state index contributed by atoms with van der Waals surface area (Å²) in [4.78, 5) is 7.24. The molecule has 0 saturated carbocycles. The van der Waals surface area contributed by atoms with Crippen molar-refractivity contribution in [3.63, 3.8) is 0 Å². The Morgan fingerprint density at radius 1 is 1.15 bits per heavy atom. The summed E-state index contributed by atoms with van der Waals surface area (Å²) in [7, 11) is 1.68. The van der Waals surface area contributed by atoms with Crippen LogP contribution < -0.4 is 9.64 Å². The van der Waals surface area contributed by atoms with E-state index in [-0.39, 0.29) is 6.61 Å². The molecule has 1 atom stereocenters. The van der Waals surface area contributed by atoms with Gasteiger partial charge in [0.05, 0.1) is 24.7 Å². The molecule has 5 heteroatoms. The highest BCUT2D eigenvalue weighted by atomic mass is 16.5. The predicted molar refractivity (Wildman–Crippen MR) is 104 cm³/mol. The van der Waals surface area contributed by atoms with Crippen molar-refractivity contribution in [2.45, 2.75) is 19.4 Å². The molecule has 1 aromatic heterocycles. The zero-order chi connectivity index (χ0) is 17.9. The minimum absolute atomic E-state index is 0.245. The molecule has 5 nitrogen and oxygen atoms in total. The van der Waals surface area contributed by atoms with Crippen LogP contribution in [0.1, 0.15) is 18.4 Å². The predicted octanol–water partition coefficient (Wildman–Crippen LogP) is 3.30. The van der Waals surface area contributed by atoms with Gasteiger partial charge in [0.1, 0.15) is 5.75 Å². The highest BCUT2D eigenvalue weighted by Gasteiger charge is 2.24. The van der Waals surface area contributed by atoms with E-state index in [1.54, 1.807) is 7.11 Å². The number of fused-ring (bicyclic) bond motifs is 1. The van der Waals surface area contributed by atoms with Gasteiger partial charge in [0, 0.05) is 19.7 Å². The molecule has 1 fully saturated rings. The van der Waals surface area contributed by atoms with Gasteiger partial charge in [0.15, 0.2) is 0 Å². The molecular formula is C21H25N3O2. The monoisotopic (exact) mass is 351 g/mol. The Bertz CT molecular complexity index is 873. The molecule has 0 unspecified atom stereocenters. The number of aliphatic hydroxyl groups is 1. The third-order valence-corrected chi connectivity index (χ3v) is 5.19. The number of nitrogens with zero attached hydrogens (tertiary/aromatic N) is 3. The average molecular weight is 351 g/mol. The molecule has 2 aromatic carbocycles. The fraction of sp³-hybridized carbons (Fsp3) is 0.381. The van der Waals surface area contributed by atoms with Crippen molar-refractivity contribution in [2.24, 2.45) is 5.92 Å². The zero-order valence-electron chi connectivity index (χ0n) is 15.1. The summed E-state index contributed by atoms with van der Waals surface area (Å²) in [5.41, 5.74) is 3.37. The number of anilines is 1. The van der Waals surface area contributed by atoms with E-state index in [2.05, 4.69) is 39.8 Å². The molecule has 0 aliphatic carbocycles. The minimum Gasteiger partial charge on any atom is -0.497 e. The van der Waals surface area contributed by atoms with E-state index in [4.69, 9.17) is 9.72 Å². The van der Waals surface area contributed by atoms with E-state index >= 15 is 0 Å². The second kappa shape index (κ2) is 7.38. The molecule has 4 rings (SSSR count). The van der Waals surface area contributed by atoms with E-state index < -0.39 is 0 Å². The number of hydrogen-bond acceptors (Lipinski definition) is 4. The lowest BCUT2D eigenvalue weighted by molar-refractivity contribution is 0.208. The summed E-state index contributed by atoms with van der Waals surface area (Å²) in [5, 5.41) is 9.58. The number of benzene rings is 2. The van der Waals surface area contributed by atoms with Crippen molar-refractivity contribution < 1.29 is 9.84 Å². The van der Waals surface area contributed by atoms with Crippen LogP contribution in [0.3, 0.4) is 0 Å². The third-order valence-electron chi connectivity index (χ3n) is 5.19. The maximum Gasteiger partial charge on any atom is 0.206 e. The number of rotatable bonds is 5. The molecule has 1 N–H and O–H groups in total. The Balaban J connectivity index is 1.71. The molecule has 1 aliphatic heterocycles. The lowest BCUT2D eigenvalue weighted by atomic mass is 9.99. The molecule has 0 spiro atoms. The quantitative estimate of drug-likeness (QED) is 0.766. The fourth-order valence-electron chi connectivity index (χ4n) is 3.77. The Labute approximate surface area is 153 Å². The van der Waals surface area contributed by atoms with Crippen molar-refractivity contribution in [2.75, 3.05) is 31.7 Å². The Kier molecular flexibility index (Phi) is 4.80. The SMILES string of the molecule is COc1ccc(Cn2c(N3CCC[C@H](CO)C3)nc3ccccc32)cc1. The Hall–Kier alpha value is -2.53. The number of aromatic nitrogens is 2. The van der Waals surface area contributed by atoms with E-state index in [9.17, 15) is 5.11 Å². The maximum atomic E-state index is 9.58. The van der Waals surface area contributed by atoms with Crippen LogP contribution in [0.25, 0.3) is 11.0 Å². The molecule has 0 bridgehead atoms. The zero-order valence-corrected chi connectivity index (χ0v) is 15.1. The first-order valence-corrected chi connectivity index (χ1v) is 9.22. The average Bonchev–Trinajstić information content (AvgIpc) is 3.07. The van der Waals surface area contributed by atoms with Crippen molar-refractivity contribution in [1.82, 2.24) is 9.55 Å². The lowest BCUT2D eigenvalue weighted by Crippen LogP contribution is -2.38. The van der Waals surface area contributed by atoms with E-state index in [0.717, 1.165) is 55.2 Å². The van der Waals surface area contributed by atoms with Gasteiger partial charge in [-0.25, -0.2) is 4.98 Å². The first-order valence-electron chi connectivity index (χ1n) is 9.22. The number of methoxy groups -OCH3 is 1. The van der Waals surface area contributed by atoms with Gasteiger partial charge in [-0.1, -0.05) is 24.3 Å². The fourth-order valence-corrected chi connectivity index (χ4v) is 3.77. The second-order valence-electron chi connectivity index (χ2n) is 6.97. The van der Waals surface area contributed by atoms with Gasteiger partial charge in [-0.15, -0.1) is 0 Å². The summed E-state index contributed by atoms with van der Waals surface area (Å²) >= 11 is 0. The van der Waals surface area contributed by atoms with Crippen LogP contribution in [0.4, 0.5) is 5.95 Å². The van der Waals surface area contributed by atoms with Crippen molar-refractivity contribution in [3.8, 4) is 5.75 Å². The molecule has 3 aromatic rings. The first kappa shape index (κ1) is 16.9. The van der Waals surface area contributed by atoms with Gasteiger partial charge in [0.2, 0.25) is 5.95 Å². The molecule has 0 amide bonds. The van der Waals surface area contributed by atoms with E-state index in [0.29, 0.717) is 5.92 Å². The summed E-state index contributed by atoms with van der Waals surface area (Å²) in [6, 6.07) is 16.5. The summed E-state index contributed by atoms with van der Waals surface area (Å²) in [6.07, 6.45) is 2.18. The van der Waals surface area contributed by atoms with Crippen molar-refractivity contribution in [1.29, 1.82) is 0 Å². The Morgan fingerprint density at radius 3 is 2.73 bits per heavy atom. The third kappa shape index (κ3) is 3.27. The van der Waals surface area contributed by atoms with Crippen LogP contribution >= 0.6 is 0 Å². The van der Waals surface area contributed by atoms with E-state index in [1.807, 2.05) is 18.2 Å². The normalized spacial score (nSPS) is 17.6. The summed E-state index contributed by atoms with van der Waals surface area (Å²) < 4.78 is 7.56. The number of para-hydroxylation sites is 2. The van der Waals surface area contributed by atoms with Gasteiger partial charge in [-0.05, 0) is 48.6 Å². The summed E-state index contributed by atoms with van der Waals surface area (Å²) in [6.45, 7) is 2.86. The van der Waals surface area contributed by atoms with Crippen LogP contribution in [0.5, 0.6) is 5.75 Å². The largest absolute Gasteiger partial charge is 0.497 e. The molecular weight excluding hydrogens is 326 g/mol. The molecule has 26 heavy (non-hydrogen) atoms. The van der Waals surface area contributed by atoms with Gasteiger partial charge >= 0.3 is 0 Å². The van der Waals surface area contributed by atoms with Crippen LogP contribution in [-0.4, -0.2) is 41.5 Å². The number of aliphatic hydroxyl groups excluding tert-OH is 1. The topological polar surface area (TPSA) is 50.5 Å². The lowest BCUT2D eigenvalue weighted by Gasteiger charge is -2.33. The first-order chi connectivity index (χ1) is 12.8. The molecule has 2 heterocycles. The molecule has 136 valence electrons. The molecule has 0 radical (unpaired) electrons. The van der Waals surface area contributed by atoms with Gasteiger partial charge in [-0.3, -0.25) is 0 Å². The highest BCUT2D eigenvalue weighted by Crippen LogP contribution is 2.28. The summed E-state index contributed by atoms with van der Waals surface area (Å²) in [5.74, 6) is 2.20. The number of piperidine rings is 1.